The average molecular weight is 768 g/mol. The predicted molar refractivity (Wildman–Crippen MR) is 218 cm³/mol. The number of amides is 1. The molecule has 0 fully saturated rings. The largest absolute Gasteiger partial charge is 0.358 e. The molecule has 0 radical (unpaired) electrons. The fraction of sp³-hybridized carbons (Fsp3) is 0.341. The zero-order chi connectivity index (χ0) is 41.0. The van der Waals surface area contributed by atoms with Gasteiger partial charge in [0.2, 0.25) is 42.3 Å². The molecule has 4 aromatic rings. The first-order chi connectivity index (χ1) is 24.9. The highest BCUT2D eigenvalue weighted by Crippen LogP contribution is 2.80. The Bertz CT molecular complexity index is 2020. The Morgan fingerprint density at radius 3 is 0.722 bits per heavy atom. The molecule has 284 valence electrons. The van der Waals surface area contributed by atoms with Gasteiger partial charge in [-0.2, -0.15) is 0 Å². The van der Waals surface area contributed by atoms with Crippen LogP contribution in [0.15, 0.2) is 48.5 Å². The first-order valence-electron chi connectivity index (χ1n) is 17.8. The average Bonchev–Trinajstić information content (AvgIpc) is 3.04. The highest BCUT2D eigenvalue weighted by atomic mass is 31.2. The van der Waals surface area contributed by atoms with Gasteiger partial charge >= 0.3 is 0 Å². The fourth-order valence-electron chi connectivity index (χ4n) is 8.40. The Labute approximate surface area is 319 Å². The number of benzene rings is 4. The number of aryl methyl sites for hydroxylation is 12. The van der Waals surface area contributed by atoms with Crippen LogP contribution in [-0.2, 0) is 13.9 Å². The molecule has 0 spiro atoms. The lowest BCUT2D eigenvalue weighted by molar-refractivity contribution is -0.120. The highest BCUT2D eigenvalue weighted by molar-refractivity contribution is 8.12. The summed E-state index contributed by atoms with van der Waals surface area (Å²) < 4.78 is 33.5. The second kappa shape index (κ2) is 15.0. The number of hydrogen-bond donors (Lipinski definition) is 1. The minimum atomic E-state index is -5.72. The van der Waals surface area contributed by atoms with Crippen LogP contribution < -0.4 is 5.32 Å². The van der Waals surface area contributed by atoms with Gasteiger partial charge in [-0.1, -0.05) is 70.8 Å². The van der Waals surface area contributed by atoms with Crippen molar-refractivity contribution < 1.29 is 33.1 Å². The van der Waals surface area contributed by atoms with E-state index in [1.165, 1.54) is 7.05 Å². The Morgan fingerprint density at radius 2 is 0.574 bits per heavy atom. The van der Waals surface area contributed by atoms with Gasteiger partial charge in [-0.15, -0.1) is 0 Å². The van der Waals surface area contributed by atoms with E-state index in [9.17, 15) is 4.79 Å². The molecule has 0 aromatic heterocycles. The summed E-state index contributed by atoms with van der Waals surface area (Å²) in [6.45, 7) is 21.2. The van der Waals surface area contributed by atoms with E-state index in [1.807, 2.05) is 27.7 Å². The van der Waals surface area contributed by atoms with Gasteiger partial charge < -0.3 is 14.4 Å². The maximum absolute atomic E-state index is 16.7. The van der Waals surface area contributed by atoms with Crippen LogP contribution in [0, 0.1) is 83.1 Å². The molecule has 0 aliphatic rings. The van der Waals surface area contributed by atoms with E-state index >= 15 is 28.3 Å². The van der Waals surface area contributed by atoms with Crippen molar-refractivity contribution in [2.75, 3.05) is 7.05 Å². The van der Waals surface area contributed by atoms with E-state index < -0.39 is 47.2 Å². The molecule has 4 aromatic carbocycles. The van der Waals surface area contributed by atoms with Crippen LogP contribution in [0.2, 0.25) is 0 Å². The molecule has 8 nitrogen and oxygen atoms in total. The number of carbonyl (C=O) groups excluding carboxylic acids is 5. The number of hydrogen-bond acceptors (Lipinski definition) is 7. The maximum atomic E-state index is 16.7. The van der Waals surface area contributed by atoms with Crippen molar-refractivity contribution in [1.29, 1.82) is 0 Å². The lowest BCUT2D eigenvalue weighted by atomic mass is 10.0. The van der Waals surface area contributed by atoms with Crippen molar-refractivity contribution in [3.8, 4) is 0 Å². The van der Waals surface area contributed by atoms with Gasteiger partial charge in [0.1, 0.15) is 0 Å². The van der Waals surface area contributed by atoms with Gasteiger partial charge in [-0.05, 0) is 135 Å². The normalized spacial score (nSPS) is 12.0. The fourth-order valence-corrected chi connectivity index (χ4v) is 16.5. The van der Waals surface area contributed by atoms with Crippen LogP contribution in [0.4, 0.5) is 0 Å². The smallest absolute Gasteiger partial charge is 0.243 e. The molecule has 0 saturated carbocycles. The summed E-state index contributed by atoms with van der Waals surface area (Å²) in [5.41, 5.74) is 0.663. The minimum Gasteiger partial charge on any atom is -0.358 e. The van der Waals surface area contributed by atoms with Gasteiger partial charge in [-0.25, -0.2) is 0 Å². The second-order valence-corrected chi connectivity index (χ2v) is 21.3. The van der Waals surface area contributed by atoms with Crippen LogP contribution in [0.1, 0.15) is 115 Å². The lowest BCUT2D eigenvalue weighted by Crippen LogP contribution is -2.49. The summed E-state index contributed by atoms with van der Waals surface area (Å²) in [5, 5.41) is 2.40. The van der Waals surface area contributed by atoms with Gasteiger partial charge in [0, 0.05) is 29.3 Å². The van der Waals surface area contributed by atoms with E-state index in [0.29, 0.717) is 44.5 Å². The summed E-state index contributed by atoms with van der Waals surface area (Å²) in [7, 11) is -10.3. The van der Waals surface area contributed by atoms with Crippen molar-refractivity contribution in [2.24, 2.45) is 0 Å². The molecule has 1 N–H and O–H groups in total. The van der Waals surface area contributed by atoms with Crippen LogP contribution >= 0.6 is 14.3 Å². The van der Waals surface area contributed by atoms with E-state index in [4.69, 9.17) is 0 Å². The van der Waals surface area contributed by atoms with E-state index in [2.05, 4.69) is 5.32 Å². The molecule has 54 heavy (non-hydrogen) atoms. The Kier molecular flexibility index (Phi) is 11.7. The van der Waals surface area contributed by atoms with E-state index in [1.54, 1.807) is 104 Å². The first kappa shape index (κ1) is 42.2. The molecule has 0 unspecified atom stereocenters. The first-order valence-corrected chi connectivity index (χ1v) is 21.3. The highest BCUT2D eigenvalue weighted by Gasteiger charge is 2.73. The molecular weight excluding hydrogens is 716 g/mol. The summed E-state index contributed by atoms with van der Waals surface area (Å²) in [6, 6.07) is 13.5. The minimum absolute atomic E-state index is 0.105. The second-order valence-electron chi connectivity index (χ2n) is 15.1. The third kappa shape index (κ3) is 6.52. The molecule has 0 saturated heterocycles. The topological polar surface area (TPSA) is 132 Å². The molecular formula is C44H51NO7P2. The zero-order valence-electron chi connectivity index (χ0n) is 33.9. The standard InChI is InChI=1S/C44H51NO7P2/c1-23-15-27(5)35(28(6)16-23)39(46)53(51,40(47)36-29(7)17-24(2)18-30(36)8)44(13,43(50)45-14)54(52,41(48)37-31(9)19-25(3)20-32(37)10)42(49)38-33(11)21-26(4)22-34(38)12/h15-22H,1-14H3,(H,45,50). The van der Waals surface area contributed by atoms with Gasteiger partial charge in [-0.3, -0.25) is 24.0 Å². The van der Waals surface area contributed by atoms with Gasteiger partial charge in [0.15, 0.2) is 4.90 Å². The van der Waals surface area contributed by atoms with Crippen molar-refractivity contribution in [3.05, 3.63) is 138 Å². The Balaban J connectivity index is 2.36. The Morgan fingerprint density at radius 1 is 0.407 bits per heavy atom. The SMILES string of the molecule is CNC(=O)C(C)(P(=O)(C(=O)c1c(C)cc(C)cc1C)C(=O)c1c(C)cc(C)cc1C)P(=O)(C(=O)c1c(C)cc(C)cc1C)C(=O)c1c(C)cc(C)cc1C. The zero-order valence-corrected chi connectivity index (χ0v) is 35.7. The quantitative estimate of drug-likeness (QED) is 0.150. The summed E-state index contributed by atoms with van der Waals surface area (Å²) in [5.74, 6) is -1.30. The third-order valence-corrected chi connectivity index (χ3v) is 18.3. The lowest BCUT2D eigenvalue weighted by Gasteiger charge is -2.39. The Hall–Kier alpha value is -4.51. The number of nitrogens with one attached hydrogen (secondary N) is 1. The summed E-state index contributed by atoms with van der Waals surface area (Å²) >= 11 is 0. The monoisotopic (exact) mass is 767 g/mol. The summed E-state index contributed by atoms with van der Waals surface area (Å²) in [4.78, 5) is 73.7. The van der Waals surface area contributed by atoms with Crippen LogP contribution in [0.3, 0.4) is 0 Å². The number of rotatable bonds is 11. The van der Waals surface area contributed by atoms with E-state index in [-0.39, 0.29) is 22.3 Å². The molecule has 0 bridgehead atoms. The van der Waals surface area contributed by atoms with Crippen molar-refractivity contribution >= 4 is 42.3 Å². The molecule has 0 aliphatic heterocycles. The molecule has 1 amide bonds. The summed E-state index contributed by atoms with van der Waals surface area (Å²) in [6.07, 6.45) is 0. The van der Waals surface area contributed by atoms with Crippen molar-refractivity contribution in [3.63, 3.8) is 0 Å². The molecule has 0 heterocycles. The van der Waals surface area contributed by atoms with Crippen molar-refractivity contribution in [1.82, 2.24) is 5.32 Å². The van der Waals surface area contributed by atoms with Gasteiger partial charge in [0.25, 0.3) is 0 Å². The van der Waals surface area contributed by atoms with Crippen LogP contribution in [0.25, 0.3) is 0 Å². The molecule has 4 rings (SSSR count). The third-order valence-electron chi connectivity index (χ3n) is 10.6. The molecule has 0 atom stereocenters. The number of carbonyl (C=O) groups is 5. The van der Waals surface area contributed by atoms with Crippen LogP contribution in [0.5, 0.6) is 0 Å². The molecule has 0 aliphatic carbocycles. The predicted octanol–water partition coefficient (Wildman–Crippen LogP) is 10.2. The maximum Gasteiger partial charge on any atom is 0.243 e. The van der Waals surface area contributed by atoms with Crippen LogP contribution in [-0.4, -0.2) is 39.9 Å². The van der Waals surface area contributed by atoms with Crippen molar-refractivity contribution in [2.45, 2.75) is 94.9 Å². The van der Waals surface area contributed by atoms with Gasteiger partial charge in [0.05, 0.1) is 0 Å². The van der Waals surface area contributed by atoms with E-state index in [0.717, 1.165) is 29.2 Å². The molecule has 10 heteroatoms.